The molecule has 1 unspecified atom stereocenters. The Hall–Kier alpha value is -0.130. The highest BCUT2D eigenvalue weighted by atomic mass is 32.2. The summed E-state index contributed by atoms with van der Waals surface area (Å²) in [6.45, 7) is 5.12. The quantitative estimate of drug-likeness (QED) is 0.647. The Morgan fingerprint density at radius 3 is 2.81 bits per heavy atom. The molecule has 1 atom stereocenters. The Kier molecular flexibility index (Phi) is 6.31. The number of rotatable bonds is 8. The van der Waals surface area contributed by atoms with E-state index >= 15 is 0 Å². The molecule has 1 heterocycles. The zero-order valence-corrected chi connectivity index (χ0v) is 10.9. The van der Waals surface area contributed by atoms with Crippen molar-refractivity contribution in [3.8, 4) is 0 Å². The van der Waals surface area contributed by atoms with Crippen molar-refractivity contribution in [3.63, 3.8) is 0 Å². The van der Waals surface area contributed by atoms with Gasteiger partial charge in [-0.15, -0.1) is 0 Å². The summed E-state index contributed by atoms with van der Waals surface area (Å²) in [7, 11) is -2.83. The second-order valence-corrected chi connectivity index (χ2v) is 6.74. The predicted molar refractivity (Wildman–Crippen MR) is 65.4 cm³/mol. The molecule has 0 radical (unpaired) electrons. The van der Waals surface area contributed by atoms with Crippen LogP contribution in [0.25, 0.3) is 0 Å². The largest absolute Gasteiger partial charge is 0.381 e. The van der Waals surface area contributed by atoms with Gasteiger partial charge in [-0.3, -0.25) is 0 Å². The molecular weight excluding hydrogens is 226 g/mol. The molecule has 16 heavy (non-hydrogen) atoms. The van der Waals surface area contributed by atoms with Crippen LogP contribution >= 0.6 is 0 Å². The molecule has 0 aromatic heterocycles. The monoisotopic (exact) mass is 249 g/mol. The normalized spacial score (nSPS) is 21.4. The summed E-state index contributed by atoms with van der Waals surface area (Å²) in [5.74, 6) is 1.16. The summed E-state index contributed by atoms with van der Waals surface area (Å²) in [5, 5.41) is 3.20. The van der Waals surface area contributed by atoms with Crippen molar-refractivity contribution in [1.29, 1.82) is 0 Å². The summed E-state index contributed by atoms with van der Waals surface area (Å²) in [6, 6.07) is 0. The summed E-state index contributed by atoms with van der Waals surface area (Å²) in [5.41, 5.74) is 0. The molecule has 1 N–H and O–H groups in total. The first-order chi connectivity index (χ1) is 7.64. The topological polar surface area (TPSA) is 55.4 Å². The fraction of sp³-hybridized carbons (Fsp3) is 1.00. The molecule has 1 saturated heterocycles. The Bertz CT molecular complexity index is 271. The average Bonchev–Trinajstić information content (AvgIpc) is 2.75. The second kappa shape index (κ2) is 7.25. The molecule has 1 aliphatic rings. The van der Waals surface area contributed by atoms with E-state index in [1.807, 2.05) is 6.92 Å². The van der Waals surface area contributed by atoms with Crippen molar-refractivity contribution >= 4 is 9.84 Å². The third-order valence-electron chi connectivity index (χ3n) is 2.86. The molecule has 0 aliphatic carbocycles. The lowest BCUT2D eigenvalue weighted by Crippen LogP contribution is -2.29. The highest BCUT2D eigenvalue weighted by Gasteiger charge is 2.15. The first-order valence-electron chi connectivity index (χ1n) is 6.13. The lowest BCUT2D eigenvalue weighted by Gasteiger charge is -2.09. The molecule has 96 valence electrons. The van der Waals surface area contributed by atoms with Gasteiger partial charge in [-0.2, -0.15) is 0 Å². The van der Waals surface area contributed by atoms with E-state index < -0.39 is 9.84 Å². The molecule has 4 nitrogen and oxygen atoms in total. The van der Waals surface area contributed by atoms with Gasteiger partial charge in [0.1, 0.15) is 0 Å². The van der Waals surface area contributed by atoms with E-state index in [0.29, 0.717) is 18.2 Å². The fourth-order valence-electron chi connectivity index (χ4n) is 1.74. The van der Waals surface area contributed by atoms with Crippen LogP contribution in [-0.4, -0.2) is 46.2 Å². The van der Waals surface area contributed by atoms with Crippen molar-refractivity contribution in [2.45, 2.75) is 26.2 Å². The highest BCUT2D eigenvalue weighted by Crippen LogP contribution is 2.10. The van der Waals surface area contributed by atoms with Gasteiger partial charge >= 0.3 is 0 Å². The number of hydrogen-bond acceptors (Lipinski definition) is 4. The predicted octanol–water partition coefficient (Wildman–Crippen LogP) is 0.827. The van der Waals surface area contributed by atoms with Crippen LogP contribution in [-0.2, 0) is 14.6 Å². The minimum atomic E-state index is -2.83. The van der Waals surface area contributed by atoms with Crippen molar-refractivity contribution in [3.05, 3.63) is 0 Å². The summed E-state index contributed by atoms with van der Waals surface area (Å²) in [4.78, 5) is 0. The van der Waals surface area contributed by atoms with Crippen molar-refractivity contribution < 1.29 is 13.2 Å². The Morgan fingerprint density at radius 2 is 2.19 bits per heavy atom. The zero-order valence-electron chi connectivity index (χ0n) is 10.1. The minimum Gasteiger partial charge on any atom is -0.381 e. The van der Waals surface area contributed by atoms with E-state index in [4.69, 9.17) is 4.74 Å². The molecule has 0 spiro atoms. The second-order valence-electron chi connectivity index (χ2n) is 4.44. The minimum absolute atomic E-state index is 0.264. The first kappa shape index (κ1) is 13.9. The Balaban J connectivity index is 2.05. The first-order valence-corrected chi connectivity index (χ1v) is 7.95. The number of unbranched alkanes of at least 4 members (excludes halogenated alkanes) is 1. The maximum Gasteiger partial charge on any atom is 0.151 e. The molecule has 0 aromatic rings. The number of nitrogens with one attached hydrogen (secondary N) is 1. The molecule has 5 heteroatoms. The van der Waals surface area contributed by atoms with Gasteiger partial charge in [0.2, 0.25) is 0 Å². The van der Waals surface area contributed by atoms with Crippen LogP contribution in [0.3, 0.4) is 0 Å². The summed E-state index contributed by atoms with van der Waals surface area (Å²) in [6.07, 6.45) is 2.81. The lowest BCUT2D eigenvalue weighted by molar-refractivity contribution is 0.185. The molecule has 1 aliphatic heterocycles. The van der Waals surface area contributed by atoms with E-state index in [1.165, 1.54) is 0 Å². The fourth-order valence-corrected chi connectivity index (χ4v) is 3.13. The molecule has 0 aromatic carbocycles. The maximum atomic E-state index is 11.5. The lowest BCUT2D eigenvalue weighted by atomic mass is 10.1. The van der Waals surface area contributed by atoms with E-state index in [-0.39, 0.29) is 5.75 Å². The van der Waals surface area contributed by atoms with Gasteiger partial charge in [0.25, 0.3) is 0 Å². The molecule has 1 fully saturated rings. The van der Waals surface area contributed by atoms with Crippen LogP contribution in [0, 0.1) is 5.92 Å². The SMILES string of the molecule is CCCCS(=O)(=O)CCNCC1CCOC1. The average molecular weight is 249 g/mol. The van der Waals surface area contributed by atoms with Crippen molar-refractivity contribution in [2.75, 3.05) is 37.8 Å². The van der Waals surface area contributed by atoms with Gasteiger partial charge in [0.05, 0.1) is 18.1 Å². The van der Waals surface area contributed by atoms with Crippen LogP contribution in [0.4, 0.5) is 0 Å². The van der Waals surface area contributed by atoms with Crippen molar-refractivity contribution in [1.82, 2.24) is 5.32 Å². The number of hydrogen-bond donors (Lipinski definition) is 1. The summed E-state index contributed by atoms with van der Waals surface area (Å²) < 4.78 is 28.3. The van der Waals surface area contributed by atoms with Gasteiger partial charge in [-0.1, -0.05) is 13.3 Å². The van der Waals surface area contributed by atoms with Crippen LogP contribution < -0.4 is 5.32 Å². The van der Waals surface area contributed by atoms with Crippen LogP contribution in [0.1, 0.15) is 26.2 Å². The van der Waals surface area contributed by atoms with Gasteiger partial charge < -0.3 is 10.1 Å². The third kappa shape index (κ3) is 5.82. The maximum absolute atomic E-state index is 11.5. The molecular formula is C11H23NO3S. The van der Waals surface area contributed by atoms with Crippen LogP contribution in [0.5, 0.6) is 0 Å². The number of sulfone groups is 1. The smallest absolute Gasteiger partial charge is 0.151 e. The Morgan fingerprint density at radius 1 is 1.38 bits per heavy atom. The van der Waals surface area contributed by atoms with Crippen LogP contribution in [0.2, 0.25) is 0 Å². The molecule has 0 amide bonds. The van der Waals surface area contributed by atoms with E-state index in [1.54, 1.807) is 0 Å². The van der Waals surface area contributed by atoms with Gasteiger partial charge in [-0.25, -0.2) is 8.42 Å². The van der Waals surface area contributed by atoms with E-state index in [0.717, 1.165) is 39.0 Å². The molecule has 1 rings (SSSR count). The van der Waals surface area contributed by atoms with Gasteiger partial charge in [0.15, 0.2) is 9.84 Å². The van der Waals surface area contributed by atoms with Crippen molar-refractivity contribution in [2.24, 2.45) is 5.92 Å². The summed E-state index contributed by atoms with van der Waals surface area (Å²) >= 11 is 0. The highest BCUT2D eigenvalue weighted by molar-refractivity contribution is 7.91. The standard InChI is InChI=1S/C11H23NO3S/c1-2-3-7-16(13,14)8-5-12-9-11-4-6-15-10-11/h11-12H,2-10H2,1H3. The van der Waals surface area contributed by atoms with Gasteiger partial charge in [0, 0.05) is 19.7 Å². The molecule has 0 bridgehead atoms. The van der Waals surface area contributed by atoms with E-state index in [2.05, 4.69) is 5.32 Å². The molecule has 0 saturated carbocycles. The van der Waals surface area contributed by atoms with Gasteiger partial charge in [-0.05, 0) is 18.8 Å². The Labute approximate surface area is 98.7 Å². The zero-order chi connectivity index (χ0) is 11.9. The van der Waals surface area contributed by atoms with Crippen LogP contribution in [0.15, 0.2) is 0 Å². The third-order valence-corrected chi connectivity index (χ3v) is 4.59. The van der Waals surface area contributed by atoms with E-state index in [9.17, 15) is 8.42 Å². The number of ether oxygens (including phenoxy) is 1.